The summed E-state index contributed by atoms with van der Waals surface area (Å²) in [6.45, 7) is 3.16. The number of nitrogens with zero attached hydrogens (tertiary/aromatic N) is 1. The van der Waals surface area contributed by atoms with Crippen LogP contribution in [0.1, 0.15) is 36.9 Å². The van der Waals surface area contributed by atoms with Crippen molar-refractivity contribution in [2.45, 2.75) is 32.4 Å². The summed E-state index contributed by atoms with van der Waals surface area (Å²) in [5.41, 5.74) is 2.53. The van der Waals surface area contributed by atoms with Crippen LogP contribution in [0.15, 0.2) is 42.5 Å². The molecule has 1 heterocycles. The van der Waals surface area contributed by atoms with Crippen LogP contribution < -0.4 is 10.2 Å². The molecule has 0 bridgehead atoms. The van der Waals surface area contributed by atoms with E-state index in [4.69, 9.17) is 0 Å². The number of nitrogens with one attached hydrogen (secondary N) is 1. The number of phenols is 1. The second-order valence-corrected chi connectivity index (χ2v) is 6.12. The Morgan fingerprint density at radius 3 is 2.67 bits per heavy atom. The Morgan fingerprint density at radius 1 is 1.25 bits per heavy atom. The van der Waals surface area contributed by atoms with Crippen molar-refractivity contribution in [3.05, 3.63) is 59.4 Å². The minimum atomic E-state index is -0.364. The van der Waals surface area contributed by atoms with Gasteiger partial charge in [0.2, 0.25) is 5.91 Å². The van der Waals surface area contributed by atoms with Crippen LogP contribution in [0.2, 0.25) is 0 Å². The molecule has 4 nitrogen and oxygen atoms in total. The van der Waals surface area contributed by atoms with Gasteiger partial charge in [-0.3, -0.25) is 4.79 Å². The molecule has 1 fully saturated rings. The number of amides is 1. The second-order valence-electron chi connectivity index (χ2n) is 6.12. The predicted molar refractivity (Wildman–Crippen MR) is 91.3 cm³/mol. The lowest BCUT2D eigenvalue weighted by atomic mass is 10.1. The number of benzene rings is 2. The molecule has 1 saturated heterocycles. The van der Waals surface area contributed by atoms with Gasteiger partial charge in [0.05, 0.1) is 0 Å². The minimum absolute atomic E-state index is 0.0380. The maximum atomic E-state index is 13.2. The normalized spacial score (nSPS) is 15.8. The van der Waals surface area contributed by atoms with Crippen LogP contribution in [0.25, 0.3) is 0 Å². The topological polar surface area (TPSA) is 52.6 Å². The molecule has 0 saturated carbocycles. The molecule has 1 amide bonds. The summed E-state index contributed by atoms with van der Waals surface area (Å²) in [7, 11) is 0. The Kier molecular flexibility index (Phi) is 4.81. The van der Waals surface area contributed by atoms with Gasteiger partial charge in [-0.2, -0.15) is 0 Å². The molecule has 0 aliphatic carbocycles. The summed E-state index contributed by atoms with van der Waals surface area (Å²) in [5, 5.41) is 13.0. The fourth-order valence-corrected chi connectivity index (χ4v) is 2.94. The first-order valence-corrected chi connectivity index (χ1v) is 8.15. The van der Waals surface area contributed by atoms with Crippen molar-refractivity contribution >= 4 is 11.6 Å². The van der Waals surface area contributed by atoms with Crippen LogP contribution >= 0.6 is 0 Å². The summed E-state index contributed by atoms with van der Waals surface area (Å²) in [5.74, 6) is -0.105. The number of anilines is 1. The molecule has 0 aromatic heterocycles. The lowest BCUT2D eigenvalue weighted by Gasteiger charge is -2.18. The van der Waals surface area contributed by atoms with Crippen LogP contribution in [0.4, 0.5) is 10.1 Å². The summed E-state index contributed by atoms with van der Waals surface area (Å²) in [4.78, 5) is 13.6. The molecule has 0 radical (unpaired) electrons. The molecular weight excluding hydrogens is 307 g/mol. The number of hydrogen-bond donors (Lipinski definition) is 2. The Labute approximate surface area is 140 Å². The van der Waals surface area contributed by atoms with Crippen LogP contribution in [0, 0.1) is 5.82 Å². The standard InChI is InChI=1S/C19H21FN2O2/c1-13(21-12-15-11-16(20)6-9-18(15)23)14-4-7-17(8-5-14)22-10-2-3-19(22)24/h4-9,11,13,21,23H,2-3,10,12H2,1H3. The molecule has 2 N–H and O–H groups in total. The Balaban J connectivity index is 1.63. The molecule has 3 rings (SSSR count). The van der Waals surface area contributed by atoms with Crippen molar-refractivity contribution in [2.75, 3.05) is 11.4 Å². The molecule has 2 aromatic rings. The number of carbonyl (C=O) groups excluding carboxylic acids is 1. The summed E-state index contributed by atoms with van der Waals surface area (Å²) in [6, 6.07) is 11.9. The smallest absolute Gasteiger partial charge is 0.227 e. The van der Waals surface area contributed by atoms with Gasteiger partial charge >= 0.3 is 0 Å². The van der Waals surface area contributed by atoms with Gasteiger partial charge in [-0.25, -0.2) is 4.39 Å². The number of hydrogen-bond acceptors (Lipinski definition) is 3. The van der Waals surface area contributed by atoms with Crippen LogP contribution in [-0.2, 0) is 11.3 Å². The highest BCUT2D eigenvalue weighted by Crippen LogP contribution is 2.24. The zero-order valence-electron chi connectivity index (χ0n) is 13.6. The van der Waals surface area contributed by atoms with Gasteiger partial charge < -0.3 is 15.3 Å². The first-order chi connectivity index (χ1) is 11.5. The van der Waals surface area contributed by atoms with Gasteiger partial charge in [0, 0.05) is 36.8 Å². The Hall–Kier alpha value is -2.40. The van der Waals surface area contributed by atoms with Gasteiger partial charge in [-0.1, -0.05) is 12.1 Å². The molecule has 1 unspecified atom stereocenters. The van der Waals surface area contributed by atoms with Crippen molar-refractivity contribution < 1.29 is 14.3 Å². The van der Waals surface area contributed by atoms with E-state index in [9.17, 15) is 14.3 Å². The van der Waals surface area contributed by atoms with E-state index in [-0.39, 0.29) is 23.5 Å². The summed E-state index contributed by atoms with van der Waals surface area (Å²) >= 11 is 0. The lowest BCUT2D eigenvalue weighted by Crippen LogP contribution is -2.23. The third-order valence-corrected chi connectivity index (χ3v) is 4.42. The van der Waals surface area contributed by atoms with Gasteiger partial charge in [-0.05, 0) is 49.2 Å². The molecule has 2 aromatic carbocycles. The zero-order chi connectivity index (χ0) is 17.1. The number of halogens is 1. The van der Waals surface area contributed by atoms with E-state index in [1.807, 2.05) is 36.1 Å². The van der Waals surface area contributed by atoms with Crippen molar-refractivity contribution in [1.29, 1.82) is 0 Å². The van der Waals surface area contributed by atoms with E-state index in [1.54, 1.807) is 0 Å². The highest BCUT2D eigenvalue weighted by atomic mass is 19.1. The van der Waals surface area contributed by atoms with E-state index < -0.39 is 0 Å². The van der Waals surface area contributed by atoms with E-state index in [0.717, 1.165) is 24.2 Å². The number of aromatic hydroxyl groups is 1. The van der Waals surface area contributed by atoms with Gasteiger partial charge in [-0.15, -0.1) is 0 Å². The quantitative estimate of drug-likeness (QED) is 0.883. The second kappa shape index (κ2) is 7.01. The van der Waals surface area contributed by atoms with Gasteiger partial charge in [0.15, 0.2) is 0 Å². The largest absolute Gasteiger partial charge is 0.508 e. The Bertz CT molecular complexity index is 731. The molecule has 126 valence electrons. The summed E-state index contributed by atoms with van der Waals surface area (Å²) < 4.78 is 13.2. The van der Waals surface area contributed by atoms with E-state index >= 15 is 0 Å². The molecule has 1 aliphatic heterocycles. The van der Waals surface area contributed by atoms with Crippen LogP contribution in [0.3, 0.4) is 0 Å². The van der Waals surface area contributed by atoms with Crippen molar-refractivity contribution in [3.8, 4) is 5.75 Å². The number of carbonyl (C=O) groups is 1. The van der Waals surface area contributed by atoms with Crippen LogP contribution in [-0.4, -0.2) is 17.6 Å². The van der Waals surface area contributed by atoms with Crippen molar-refractivity contribution in [3.63, 3.8) is 0 Å². The SMILES string of the molecule is CC(NCc1cc(F)ccc1O)c1ccc(N2CCCC2=O)cc1. The number of rotatable bonds is 5. The third-order valence-electron chi connectivity index (χ3n) is 4.42. The third kappa shape index (κ3) is 3.57. The van der Waals surface area contributed by atoms with Gasteiger partial charge in [0.25, 0.3) is 0 Å². The van der Waals surface area contributed by atoms with E-state index in [2.05, 4.69) is 5.32 Å². The number of phenolic OH excluding ortho intramolecular Hbond substituents is 1. The highest BCUT2D eigenvalue weighted by Gasteiger charge is 2.21. The zero-order valence-corrected chi connectivity index (χ0v) is 13.6. The van der Waals surface area contributed by atoms with Crippen LogP contribution in [0.5, 0.6) is 5.75 Å². The average molecular weight is 328 g/mol. The molecule has 1 aliphatic rings. The molecule has 0 spiro atoms. The lowest BCUT2D eigenvalue weighted by molar-refractivity contribution is -0.117. The maximum Gasteiger partial charge on any atom is 0.227 e. The first-order valence-electron chi connectivity index (χ1n) is 8.15. The van der Waals surface area contributed by atoms with E-state index in [1.165, 1.54) is 18.2 Å². The van der Waals surface area contributed by atoms with Crippen molar-refractivity contribution in [1.82, 2.24) is 5.32 Å². The Morgan fingerprint density at radius 2 is 2.00 bits per heavy atom. The van der Waals surface area contributed by atoms with Gasteiger partial charge in [0.1, 0.15) is 11.6 Å². The maximum absolute atomic E-state index is 13.2. The molecule has 5 heteroatoms. The molecule has 1 atom stereocenters. The average Bonchev–Trinajstić information content (AvgIpc) is 3.01. The monoisotopic (exact) mass is 328 g/mol. The predicted octanol–water partition coefficient (Wildman–Crippen LogP) is 3.51. The molecular formula is C19H21FN2O2. The molecule has 24 heavy (non-hydrogen) atoms. The first kappa shape index (κ1) is 16.5. The minimum Gasteiger partial charge on any atom is -0.508 e. The van der Waals surface area contributed by atoms with E-state index in [0.29, 0.717) is 18.5 Å². The fraction of sp³-hybridized carbons (Fsp3) is 0.316. The van der Waals surface area contributed by atoms with Crippen molar-refractivity contribution in [2.24, 2.45) is 0 Å². The fourth-order valence-electron chi connectivity index (χ4n) is 2.94. The highest BCUT2D eigenvalue weighted by molar-refractivity contribution is 5.95. The summed E-state index contributed by atoms with van der Waals surface area (Å²) in [6.07, 6.45) is 1.53.